The van der Waals surface area contributed by atoms with Gasteiger partial charge in [0.25, 0.3) is 0 Å². The van der Waals surface area contributed by atoms with Crippen LogP contribution in [0.15, 0.2) is 0 Å². The maximum atomic E-state index is 12.3. The van der Waals surface area contributed by atoms with E-state index in [4.69, 9.17) is 9.47 Å². The van der Waals surface area contributed by atoms with E-state index in [1.54, 1.807) is 11.3 Å². The molecule has 6 heteroatoms. The summed E-state index contributed by atoms with van der Waals surface area (Å²) >= 11 is 1.63. The fraction of sp³-hybridized carbons (Fsp3) is 0.750. The van der Waals surface area contributed by atoms with E-state index >= 15 is 0 Å². The van der Waals surface area contributed by atoms with Crippen LogP contribution in [0, 0.1) is 13.8 Å². The molecule has 2 heterocycles. The molecule has 2 rings (SSSR count). The fourth-order valence-corrected chi connectivity index (χ4v) is 3.22. The molecule has 0 radical (unpaired) electrons. The molecule has 1 atom stereocenters. The smallest absolute Gasteiger partial charge is 0.223 e. The zero-order chi connectivity index (χ0) is 16.5. The molecule has 1 aromatic heterocycles. The Labute approximate surface area is 136 Å². The SMILES string of the molecule is Cc1nc(C(C)(C)NC(=O)CC2COC(C)(C)CO2)sc1C. The number of nitrogens with zero attached hydrogens (tertiary/aromatic N) is 1. The fourth-order valence-electron chi connectivity index (χ4n) is 2.24. The number of aryl methyl sites for hydroxylation is 2. The number of rotatable bonds is 4. The number of aromatic nitrogens is 1. The highest BCUT2D eigenvalue weighted by Crippen LogP contribution is 2.27. The van der Waals surface area contributed by atoms with Gasteiger partial charge in [0.05, 0.1) is 42.6 Å². The molecule has 1 aromatic rings. The largest absolute Gasteiger partial charge is 0.372 e. The van der Waals surface area contributed by atoms with Crippen LogP contribution in [0.4, 0.5) is 0 Å². The Balaban J connectivity index is 1.91. The lowest BCUT2D eigenvalue weighted by atomic mass is 10.1. The van der Waals surface area contributed by atoms with Gasteiger partial charge in [0.2, 0.25) is 5.91 Å². The maximum absolute atomic E-state index is 12.3. The molecule has 1 amide bonds. The Morgan fingerprint density at radius 3 is 2.64 bits per heavy atom. The van der Waals surface area contributed by atoms with Crippen molar-refractivity contribution in [2.24, 2.45) is 0 Å². The lowest BCUT2D eigenvalue weighted by molar-refractivity contribution is -0.178. The second-order valence-electron chi connectivity index (χ2n) is 7.04. The zero-order valence-electron chi connectivity index (χ0n) is 14.3. The van der Waals surface area contributed by atoms with E-state index in [-0.39, 0.29) is 17.6 Å². The predicted octanol–water partition coefficient (Wildman–Crippen LogP) is 2.70. The van der Waals surface area contributed by atoms with E-state index in [0.29, 0.717) is 19.6 Å². The van der Waals surface area contributed by atoms with Gasteiger partial charge in [-0.2, -0.15) is 0 Å². The number of hydrogen-bond acceptors (Lipinski definition) is 5. The van der Waals surface area contributed by atoms with Gasteiger partial charge in [0, 0.05) is 4.88 Å². The van der Waals surface area contributed by atoms with Gasteiger partial charge in [0.15, 0.2) is 0 Å². The van der Waals surface area contributed by atoms with Gasteiger partial charge in [-0.1, -0.05) is 0 Å². The van der Waals surface area contributed by atoms with Crippen LogP contribution in [0.25, 0.3) is 0 Å². The third-order valence-electron chi connectivity index (χ3n) is 3.75. The van der Waals surface area contributed by atoms with Gasteiger partial charge >= 0.3 is 0 Å². The van der Waals surface area contributed by atoms with Crippen molar-refractivity contribution in [3.63, 3.8) is 0 Å². The first-order valence-electron chi connectivity index (χ1n) is 7.60. The average Bonchev–Trinajstić information content (AvgIpc) is 2.73. The van der Waals surface area contributed by atoms with Crippen LogP contribution in [-0.4, -0.2) is 35.8 Å². The third kappa shape index (κ3) is 4.27. The highest BCUT2D eigenvalue weighted by molar-refractivity contribution is 7.11. The molecule has 0 spiro atoms. The predicted molar refractivity (Wildman–Crippen MR) is 87.1 cm³/mol. The third-order valence-corrected chi connectivity index (χ3v) is 5.15. The van der Waals surface area contributed by atoms with Crippen LogP contribution in [0.3, 0.4) is 0 Å². The molecule has 1 saturated heterocycles. The van der Waals surface area contributed by atoms with E-state index < -0.39 is 5.54 Å². The quantitative estimate of drug-likeness (QED) is 0.924. The summed E-state index contributed by atoms with van der Waals surface area (Å²) in [6, 6.07) is 0. The molecular weight excluding hydrogens is 300 g/mol. The van der Waals surface area contributed by atoms with Crippen LogP contribution in [0.5, 0.6) is 0 Å². The van der Waals surface area contributed by atoms with Crippen LogP contribution in [0.1, 0.15) is 49.7 Å². The zero-order valence-corrected chi connectivity index (χ0v) is 15.1. The number of hydrogen-bond donors (Lipinski definition) is 1. The molecule has 1 unspecified atom stereocenters. The Kier molecular flexibility index (Phi) is 4.94. The molecule has 0 bridgehead atoms. The topological polar surface area (TPSA) is 60.5 Å². The minimum Gasteiger partial charge on any atom is -0.372 e. The second-order valence-corrected chi connectivity index (χ2v) is 8.24. The number of amides is 1. The van der Waals surface area contributed by atoms with Crippen molar-refractivity contribution in [2.45, 2.75) is 65.2 Å². The Bertz CT molecular complexity index is 522. The summed E-state index contributed by atoms with van der Waals surface area (Å²) in [5, 5.41) is 3.98. The first kappa shape index (κ1) is 17.4. The average molecular weight is 326 g/mol. The summed E-state index contributed by atoms with van der Waals surface area (Å²) in [4.78, 5) is 18.0. The molecular formula is C16H26N2O3S. The van der Waals surface area contributed by atoms with E-state index in [0.717, 1.165) is 10.7 Å². The number of carbonyl (C=O) groups is 1. The Morgan fingerprint density at radius 1 is 1.45 bits per heavy atom. The molecule has 1 aliphatic heterocycles. The summed E-state index contributed by atoms with van der Waals surface area (Å²) in [5.74, 6) is -0.0381. The summed E-state index contributed by atoms with van der Waals surface area (Å²) < 4.78 is 11.4. The monoisotopic (exact) mass is 326 g/mol. The highest BCUT2D eigenvalue weighted by Gasteiger charge is 2.32. The lowest BCUT2D eigenvalue weighted by Crippen LogP contribution is -2.46. The summed E-state index contributed by atoms with van der Waals surface area (Å²) in [6.45, 7) is 12.9. The van der Waals surface area contributed by atoms with Gasteiger partial charge in [-0.15, -0.1) is 11.3 Å². The summed E-state index contributed by atoms with van der Waals surface area (Å²) in [6.07, 6.45) is 0.131. The number of ether oxygens (including phenoxy) is 2. The van der Waals surface area contributed by atoms with E-state index in [1.807, 2.05) is 41.5 Å². The van der Waals surface area contributed by atoms with Crippen molar-refractivity contribution < 1.29 is 14.3 Å². The molecule has 5 nitrogen and oxygen atoms in total. The van der Waals surface area contributed by atoms with E-state index in [1.165, 1.54) is 4.88 Å². The molecule has 1 fully saturated rings. The van der Waals surface area contributed by atoms with Crippen molar-refractivity contribution in [1.29, 1.82) is 0 Å². The Morgan fingerprint density at radius 2 is 2.14 bits per heavy atom. The van der Waals surface area contributed by atoms with Crippen molar-refractivity contribution in [2.75, 3.05) is 13.2 Å². The van der Waals surface area contributed by atoms with Gasteiger partial charge in [0.1, 0.15) is 5.01 Å². The van der Waals surface area contributed by atoms with Gasteiger partial charge in [-0.25, -0.2) is 4.98 Å². The number of thiazole rings is 1. The molecule has 1 N–H and O–H groups in total. The second kappa shape index (κ2) is 6.26. The minimum atomic E-state index is -0.477. The van der Waals surface area contributed by atoms with Crippen molar-refractivity contribution >= 4 is 17.2 Å². The van der Waals surface area contributed by atoms with Crippen LogP contribution in [-0.2, 0) is 19.8 Å². The maximum Gasteiger partial charge on any atom is 0.223 e. The molecule has 124 valence electrons. The standard InChI is InChI=1S/C16H26N2O3S/c1-10-11(2)22-14(17-10)16(5,6)18-13(19)7-12-8-21-15(3,4)9-20-12/h12H,7-9H2,1-6H3,(H,18,19). The first-order chi connectivity index (χ1) is 10.1. The highest BCUT2D eigenvalue weighted by atomic mass is 32.1. The van der Waals surface area contributed by atoms with Gasteiger partial charge < -0.3 is 14.8 Å². The summed E-state index contributed by atoms with van der Waals surface area (Å²) in [7, 11) is 0. The molecule has 0 saturated carbocycles. The number of carbonyl (C=O) groups excluding carboxylic acids is 1. The van der Waals surface area contributed by atoms with Crippen molar-refractivity contribution in [1.82, 2.24) is 10.3 Å². The van der Waals surface area contributed by atoms with Crippen LogP contribution in [0.2, 0.25) is 0 Å². The molecule has 0 aromatic carbocycles. The summed E-state index contributed by atoms with van der Waals surface area (Å²) in [5.41, 5.74) is 0.283. The van der Waals surface area contributed by atoms with Crippen molar-refractivity contribution in [3.8, 4) is 0 Å². The molecule has 1 aliphatic rings. The van der Waals surface area contributed by atoms with Gasteiger partial charge in [-0.3, -0.25) is 4.79 Å². The van der Waals surface area contributed by atoms with Crippen molar-refractivity contribution in [3.05, 3.63) is 15.6 Å². The van der Waals surface area contributed by atoms with E-state index in [2.05, 4.69) is 10.3 Å². The van der Waals surface area contributed by atoms with E-state index in [9.17, 15) is 4.79 Å². The Hall–Kier alpha value is -0.980. The first-order valence-corrected chi connectivity index (χ1v) is 8.42. The number of nitrogens with one attached hydrogen (secondary N) is 1. The molecule has 22 heavy (non-hydrogen) atoms. The van der Waals surface area contributed by atoms with Gasteiger partial charge in [-0.05, 0) is 41.5 Å². The molecule has 0 aliphatic carbocycles. The van der Waals surface area contributed by atoms with Crippen LogP contribution >= 0.6 is 11.3 Å². The minimum absolute atomic E-state index is 0.0381. The normalized spacial score (nSPS) is 21.6. The van der Waals surface area contributed by atoms with Crippen LogP contribution < -0.4 is 5.32 Å². The lowest BCUT2D eigenvalue weighted by Gasteiger charge is -2.35.